The fourth-order valence-electron chi connectivity index (χ4n) is 1.77. The minimum absolute atomic E-state index is 0.833. The first-order valence-corrected chi connectivity index (χ1v) is 5.56. The molecule has 82 valence electrons. The van der Waals surface area contributed by atoms with Gasteiger partial charge in [0.05, 0.1) is 0 Å². The monoisotopic (exact) mass is 198 g/mol. The lowest BCUT2D eigenvalue weighted by Gasteiger charge is -2.08. The molecule has 0 spiro atoms. The molecule has 14 heavy (non-hydrogen) atoms. The maximum absolute atomic E-state index is 9.25. The Balaban J connectivity index is 0.000000292. The molecule has 0 heterocycles. The van der Waals surface area contributed by atoms with Gasteiger partial charge in [-0.1, -0.05) is 58.4 Å². The highest BCUT2D eigenvalue weighted by Gasteiger charge is 2.08. The van der Waals surface area contributed by atoms with Gasteiger partial charge in [-0.05, 0) is 5.92 Å². The molecule has 1 aliphatic carbocycles. The predicted octanol–water partition coefficient (Wildman–Crippen LogP) is 3.62. The molecule has 2 nitrogen and oxygen atoms in total. The molecular weight excluding hydrogens is 176 g/mol. The zero-order valence-corrected chi connectivity index (χ0v) is 9.17. The highest BCUT2D eigenvalue weighted by molar-refractivity contribution is 5.78. The van der Waals surface area contributed by atoms with Gasteiger partial charge in [0.2, 0.25) is 0 Å². The number of carboxylic acid groups (broad SMARTS) is 1. The summed E-state index contributed by atoms with van der Waals surface area (Å²) in [5.41, 5.74) is 0. The van der Waals surface area contributed by atoms with E-state index in [1.807, 2.05) is 0 Å². The Labute approximate surface area is 87.0 Å². The third kappa shape index (κ3) is 7.84. The Kier molecular flexibility index (Phi) is 8.30. The van der Waals surface area contributed by atoms with Crippen LogP contribution in [0.5, 0.6) is 0 Å². The van der Waals surface area contributed by atoms with Crippen LogP contribution in [0.4, 0.5) is 0 Å². The number of rotatable bonds is 2. The van der Waals surface area contributed by atoms with Gasteiger partial charge in [0.1, 0.15) is 0 Å². The van der Waals surface area contributed by atoms with Crippen molar-refractivity contribution in [1.82, 2.24) is 0 Å². The van der Waals surface area contributed by atoms with Crippen LogP contribution in [-0.2, 0) is 4.79 Å². The van der Waals surface area contributed by atoms with Crippen LogP contribution in [0.15, 0.2) is 12.7 Å². The van der Waals surface area contributed by atoms with Crippen LogP contribution in [0.25, 0.3) is 0 Å². The summed E-state index contributed by atoms with van der Waals surface area (Å²) >= 11 is 0. The van der Waals surface area contributed by atoms with Gasteiger partial charge in [-0.25, -0.2) is 4.79 Å². The van der Waals surface area contributed by atoms with Crippen molar-refractivity contribution >= 4 is 5.97 Å². The number of hydrogen-bond acceptors (Lipinski definition) is 1. The summed E-state index contributed by atoms with van der Waals surface area (Å²) in [7, 11) is 0. The third-order valence-corrected chi connectivity index (χ3v) is 2.73. The Hall–Kier alpha value is -0.790. The highest BCUT2D eigenvalue weighted by atomic mass is 16.4. The van der Waals surface area contributed by atoms with Crippen LogP contribution in [0.1, 0.15) is 51.9 Å². The molecule has 0 amide bonds. The van der Waals surface area contributed by atoms with Gasteiger partial charge in [-0.15, -0.1) is 0 Å². The lowest BCUT2D eigenvalue weighted by Crippen LogP contribution is -1.94. The van der Waals surface area contributed by atoms with E-state index in [1.54, 1.807) is 0 Å². The molecule has 0 aromatic heterocycles. The topological polar surface area (TPSA) is 37.3 Å². The minimum Gasteiger partial charge on any atom is -0.478 e. The fourth-order valence-corrected chi connectivity index (χ4v) is 1.77. The summed E-state index contributed by atoms with van der Waals surface area (Å²) in [5, 5.41) is 7.60. The average Bonchev–Trinajstić information content (AvgIpc) is 2.46. The van der Waals surface area contributed by atoms with Gasteiger partial charge >= 0.3 is 5.97 Å². The first kappa shape index (κ1) is 13.2. The second-order valence-electron chi connectivity index (χ2n) is 3.81. The molecule has 0 atom stereocenters. The van der Waals surface area contributed by atoms with E-state index in [2.05, 4.69) is 13.5 Å². The molecule has 0 saturated heterocycles. The number of aliphatic carboxylic acids is 1. The summed E-state index contributed by atoms with van der Waals surface area (Å²) in [6.07, 6.45) is 11.3. The molecule has 1 rings (SSSR count). The van der Waals surface area contributed by atoms with Crippen molar-refractivity contribution in [2.24, 2.45) is 5.92 Å². The van der Waals surface area contributed by atoms with Gasteiger partial charge in [0.25, 0.3) is 0 Å². The molecule has 0 radical (unpaired) electrons. The second-order valence-corrected chi connectivity index (χ2v) is 3.81. The molecule has 1 aliphatic rings. The zero-order chi connectivity index (χ0) is 10.8. The summed E-state index contributed by atoms with van der Waals surface area (Å²) in [5.74, 6) is 0.0949. The fraction of sp³-hybridized carbons (Fsp3) is 0.750. The van der Waals surface area contributed by atoms with Crippen LogP contribution in [0.2, 0.25) is 0 Å². The third-order valence-electron chi connectivity index (χ3n) is 2.73. The van der Waals surface area contributed by atoms with Crippen LogP contribution in [0, 0.1) is 5.92 Å². The van der Waals surface area contributed by atoms with Gasteiger partial charge in [-0.2, -0.15) is 0 Å². The van der Waals surface area contributed by atoms with Gasteiger partial charge < -0.3 is 5.11 Å². The van der Waals surface area contributed by atoms with E-state index in [4.69, 9.17) is 5.11 Å². The molecule has 1 fully saturated rings. The molecule has 0 aromatic rings. The molecule has 2 heteroatoms. The van der Waals surface area contributed by atoms with Gasteiger partial charge in [0, 0.05) is 6.08 Å². The quantitative estimate of drug-likeness (QED) is 0.543. The standard InChI is InChI=1S/C9H18.C3H4O2/c1-2-9-7-5-3-4-6-8-9;1-2-3(4)5/h9H,2-8H2,1H3;2H,1H2,(H,4,5). The predicted molar refractivity (Wildman–Crippen MR) is 59.3 cm³/mol. The van der Waals surface area contributed by atoms with E-state index in [0.717, 1.165) is 12.0 Å². The zero-order valence-electron chi connectivity index (χ0n) is 9.17. The summed E-state index contributed by atoms with van der Waals surface area (Å²) in [6.45, 7) is 5.29. The van der Waals surface area contributed by atoms with Gasteiger partial charge in [-0.3, -0.25) is 0 Å². The molecule has 0 unspecified atom stereocenters. The van der Waals surface area contributed by atoms with Crippen molar-refractivity contribution in [2.45, 2.75) is 51.9 Å². The maximum atomic E-state index is 9.25. The molecule has 1 saturated carbocycles. The summed E-state index contributed by atoms with van der Waals surface area (Å²) in [6, 6.07) is 0. The first-order valence-electron chi connectivity index (χ1n) is 5.56. The number of carboxylic acids is 1. The highest BCUT2D eigenvalue weighted by Crippen LogP contribution is 2.24. The summed E-state index contributed by atoms with van der Waals surface area (Å²) < 4.78 is 0. The number of carbonyl (C=O) groups is 1. The maximum Gasteiger partial charge on any atom is 0.327 e. The lowest BCUT2D eigenvalue weighted by atomic mass is 9.98. The van der Waals surface area contributed by atoms with Crippen molar-refractivity contribution in [3.05, 3.63) is 12.7 Å². The van der Waals surface area contributed by atoms with E-state index in [-0.39, 0.29) is 0 Å². The van der Waals surface area contributed by atoms with Crippen LogP contribution in [0.3, 0.4) is 0 Å². The van der Waals surface area contributed by atoms with Crippen LogP contribution >= 0.6 is 0 Å². The SMILES string of the molecule is C=CC(=O)O.CCC1CCCCCC1. The minimum atomic E-state index is -0.981. The van der Waals surface area contributed by atoms with Crippen molar-refractivity contribution in [3.8, 4) is 0 Å². The normalized spacial score (nSPS) is 17.5. The van der Waals surface area contributed by atoms with E-state index in [9.17, 15) is 4.79 Å². The van der Waals surface area contributed by atoms with Crippen LogP contribution < -0.4 is 0 Å². The lowest BCUT2D eigenvalue weighted by molar-refractivity contribution is -0.131. The van der Waals surface area contributed by atoms with Gasteiger partial charge in [0.15, 0.2) is 0 Å². The average molecular weight is 198 g/mol. The van der Waals surface area contributed by atoms with Crippen molar-refractivity contribution in [1.29, 1.82) is 0 Å². The van der Waals surface area contributed by atoms with E-state index >= 15 is 0 Å². The largest absolute Gasteiger partial charge is 0.478 e. The molecule has 0 aliphatic heterocycles. The van der Waals surface area contributed by atoms with Crippen molar-refractivity contribution in [3.63, 3.8) is 0 Å². The Bertz CT molecular complexity index is 156. The van der Waals surface area contributed by atoms with E-state index < -0.39 is 5.97 Å². The van der Waals surface area contributed by atoms with Crippen LogP contribution in [-0.4, -0.2) is 11.1 Å². The Morgan fingerprint density at radius 1 is 1.36 bits per heavy atom. The molecule has 0 bridgehead atoms. The molecule has 0 aromatic carbocycles. The first-order chi connectivity index (χ1) is 6.70. The van der Waals surface area contributed by atoms with E-state index in [0.29, 0.717) is 0 Å². The Morgan fingerprint density at radius 2 is 1.79 bits per heavy atom. The smallest absolute Gasteiger partial charge is 0.327 e. The second kappa shape index (κ2) is 8.79. The van der Waals surface area contributed by atoms with Crippen molar-refractivity contribution in [2.75, 3.05) is 0 Å². The molecule has 1 N–H and O–H groups in total. The Morgan fingerprint density at radius 3 is 2.07 bits per heavy atom. The summed E-state index contributed by atoms with van der Waals surface area (Å²) in [4.78, 5) is 9.25. The van der Waals surface area contributed by atoms with Crippen molar-refractivity contribution < 1.29 is 9.90 Å². The number of hydrogen-bond donors (Lipinski definition) is 1. The molecular formula is C12H22O2. The van der Waals surface area contributed by atoms with E-state index in [1.165, 1.54) is 44.9 Å².